The third-order valence-electron chi connectivity index (χ3n) is 6.09. The SMILES string of the molecule is C[C@@H]1O[C@H](O[C@H]2CCCC[C@H]2[N+](=O)[O-])CC[C@@H]1O[Si](C)(C)C(C)(C)C. The standard InChI is InChI=1S/C18H35NO5Si/c1-13-15(24-25(5,6)18(2,3)4)11-12-17(22-13)23-16-10-8-7-9-14(16)19(20)21/h13-17H,7-12H2,1-6H3/t13-,14+,15-,16-,17+/m0/s1. The fraction of sp³-hybridized carbons (Fsp3) is 1.00. The molecule has 0 aromatic carbocycles. The average Bonchev–Trinajstić information content (AvgIpc) is 2.49. The van der Waals surface area contributed by atoms with Gasteiger partial charge in [0.1, 0.15) is 6.10 Å². The van der Waals surface area contributed by atoms with Crippen LogP contribution in [0.4, 0.5) is 0 Å². The lowest BCUT2D eigenvalue weighted by atomic mass is 9.93. The predicted octanol–water partition coefficient (Wildman–Crippen LogP) is 4.51. The second-order valence-electron chi connectivity index (χ2n) is 9.08. The summed E-state index contributed by atoms with van der Waals surface area (Å²) in [6, 6.07) is -0.589. The number of nitro groups is 1. The summed E-state index contributed by atoms with van der Waals surface area (Å²) in [6.45, 7) is 13.2. The number of rotatable bonds is 5. The molecule has 0 bridgehead atoms. The third kappa shape index (κ3) is 5.25. The summed E-state index contributed by atoms with van der Waals surface area (Å²) in [4.78, 5) is 11.1. The van der Waals surface area contributed by atoms with Gasteiger partial charge in [-0.15, -0.1) is 0 Å². The van der Waals surface area contributed by atoms with Gasteiger partial charge in [0.2, 0.25) is 6.04 Å². The van der Waals surface area contributed by atoms with Crippen LogP contribution < -0.4 is 0 Å². The van der Waals surface area contributed by atoms with Gasteiger partial charge in [-0.05, 0) is 44.3 Å². The van der Waals surface area contributed by atoms with E-state index in [1.807, 2.05) is 6.92 Å². The molecule has 2 fully saturated rings. The Morgan fingerprint density at radius 3 is 2.28 bits per heavy atom. The largest absolute Gasteiger partial charge is 0.411 e. The van der Waals surface area contributed by atoms with Crippen molar-refractivity contribution in [2.45, 2.75) is 115 Å². The van der Waals surface area contributed by atoms with E-state index >= 15 is 0 Å². The van der Waals surface area contributed by atoms with Crippen LogP contribution in [0.2, 0.25) is 18.1 Å². The van der Waals surface area contributed by atoms with Gasteiger partial charge in [-0.1, -0.05) is 27.2 Å². The minimum Gasteiger partial charge on any atom is -0.411 e. The smallest absolute Gasteiger partial charge is 0.238 e. The zero-order valence-electron chi connectivity index (χ0n) is 16.6. The second kappa shape index (κ2) is 8.02. The maximum Gasteiger partial charge on any atom is 0.238 e. The van der Waals surface area contributed by atoms with Crippen LogP contribution >= 0.6 is 0 Å². The quantitative estimate of drug-likeness (QED) is 0.403. The van der Waals surface area contributed by atoms with E-state index in [2.05, 4.69) is 33.9 Å². The van der Waals surface area contributed by atoms with Gasteiger partial charge in [0.05, 0.1) is 12.2 Å². The van der Waals surface area contributed by atoms with Gasteiger partial charge >= 0.3 is 0 Å². The summed E-state index contributed by atoms with van der Waals surface area (Å²) in [5.74, 6) is 0. The Kier molecular flexibility index (Phi) is 6.68. The van der Waals surface area contributed by atoms with Gasteiger partial charge in [-0.2, -0.15) is 0 Å². The maximum atomic E-state index is 11.2. The number of hydrogen-bond donors (Lipinski definition) is 0. The highest BCUT2D eigenvalue weighted by atomic mass is 28.4. The molecule has 5 atom stereocenters. The molecule has 0 aromatic heterocycles. The highest BCUT2D eigenvalue weighted by Crippen LogP contribution is 2.39. The first-order valence-corrected chi connectivity index (χ1v) is 12.5. The molecule has 2 aliphatic rings. The fourth-order valence-corrected chi connectivity index (χ4v) is 4.83. The van der Waals surface area contributed by atoms with Crippen molar-refractivity contribution in [1.82, 2.24) is 0 Å². The summed E-state index contributed by atoms with van der Waals surface area (Å²) in [6.07, 6.45) is 4.26. The number of ether oxygens (including phenoxy) is 2. The Bertz CT molecular complexity index is 465. The molecule has 146 valence electrons. The van der Waals surface area contributed by atoms with E-state index < -0.39 is 14.4 Å². The van der Waals surface area contributed by atoms with Crippen molar-refractivity contribution >= 4 is 8.32 Å². The van der Waals surface area contributed by atoms with E-state index in [4.69, 9.17) is 13.9 Å². The highest BCUT2D eigenvalue weighted by molar-refractivity contribution is 6.74. The molecule has 0 unspecified atom stereocenters. The fourth-order valence-electron chi connectivity index (χ4n) is 3.41. The zero-order chi connectivity index (χ0) is 18.8. The first-order valence-electron chi connectivity index (χ1n) is 9.63. The van der Waals surface area contributed by atoms with E-state index in [1.54, 1.807) is 0 Å². The zero-order valence-corrected chi connectivity index (χ0v) is 17.6. The molecule has 1 aliphatic carbocycles. The monoisotopic (exact) mass is 373 g/mol. The first-order chi connectivity index (χ1) is 11.5. The second-order valence-corrected chi connectivity index (χ2v) is 13.8. The molecule has 1 saturated carbocycles. The first kappa shape index (κ1) is 20.8. The minimum absolute atomic E-state index is 0.0504. The molecule has 1 heterocycles. The van der Waals surface area contributed by atoms with Crippen LogP contribution in [0.3, 0.4) is 0 Å². The molecule has 0 aromatic rings. The number of hydrogen-bond acceptors (Lipinski definition) is 5. The van der Waals surface area contributed by atoms with Crippen LogP contribution in [-0.2, 0) is 13.9 Å². The molecule has 1 saturated heterocycles. The average molecular weight is 374 g/mol. The van der Waals surface area contributed by atoms with Crippen molar-refractivity contribution < 1.29 is 18.8 Å². The Morgan fingerprint density at radius 2 is 1.72 bits per heavy atom. The molecule has 0 amide bonds. The Balaban J connectivity index is 1.90. The van der Waals surface area contributed by atoms with Crippen molar-refractivity contribution in [2.75, 3.05) is 0 Å². The van der Waals surface area contributed by atoms with E-state index in [0.29, 0.717) is 6.42 Å². The summed E-state index contributed by atoms with van der Waals surface area (Å²) in [5.41, 5.74) is 0. The van der Waals surface area contributed by atoms with Gasteiger partial charge in [0.25, 0.3) is 0 Å². The van der Waals surface area contributed by atoms with E-state index in [0.717, 1.165) is 32.1 Å². The molecule has 0 spiro atoms. The van der Waals surface area contributed by atoms with Gasteiger partial charge in [0, 0.05) is 17.8 Å². The highest BCUT2D eigenvalue weighted by Gasteiger charge is 2.43. The molecular formula is C18H35NO5Si. The Hall–Kier alpha value is -0.503. The van der Waals surface area contributed by atoms with Crippen molar-refractivity contribution in [1.29, 1.82) is 0 Å². The third-order valence-corrected chi connectivity index (χ3v) is 10.6. The predicted molar refractivity (Wildman–Crippen MR) is 99.8 cm³/mol. The molecule has 6 nitrogen and oxygen atoms in total. The van der Waals surface area contributed by atoms with Gasteiger partial charge in [-0.3, -0.25) is 10.1 Å². The molecule has 25 heavy (non-hydrogen) atoms. The molecule has 2 rings (SSSR count). The van der Waals surface area contributed by atoms with E-state index in [1.165, 1.54) is 0 Å². The number of nitrogens with zero attached hydrogens (tertiary/aromatic N) is 1. The van der Waals surface area contributed by atoms with E-state index in [9.17, 15) is 10.1 Å². The summed E-state index contributed by atoms with van der Waals surface area (Å²) >= 11 is 0. The summed E-state index contributed by atoms with van der Waals surface area (Å²) in [5, 5.41) is 11.4. The molecule has 0 radical (unpaired) electrons. The van der Waals surface area contributed by atoms with Crippen molar-refractivity contribution in [3.05, 3.63) is 10.1 Å². The maximum absolute atomic E-state index is 11.2. The molecule has 0 N–H and O–H groups in total. The van der Waals surface area contributed by atoms with E-state index in [-0.39, 0.29) is 34.6 Å². The summed E-state index contributed by atoms with van der Waals surface area (Å²) < 4.78 is 18.6. The molecule has 1 aliphatic heterocycles. The van der Waals surface area contributed by atoms with Crippen LogP contribution in [-0.4, -0.2) is 43.9 Å². The lowest BCUT2D eigenvalue weighted by Crippen LogP contribution is -2.50. The normalized spacial score (nSPS) is 34.7. The van der Waals surface area contributed by atoms with Crippen LogP contribution in [0, 0.1) is 10.1 Å². The van der Waals surface area contributed by atoms with Gasteiger partial charge < -0.3 is 13.9 Å². The van der Waals surface area contributed by atoms with Crippen LogP contribution in [0.1, 0.15) is 66.2 Å². The topological polar surface area (TPSA) is 70.8 Å². The minimum atomic E-state index is -1.83. The van der Waals surface area contributed by atoms with Crippen LogP contribution in [0.15, 0.2) is 0 Å². The van der Waals surface area contributed by atoms with Crippen LogP contribution in [0.5, 0.6) is 0 Å². The molecule has 7 heteroatoms. The van der Waals surface area contributed by atoms with Crippen LogP contribution in [0.25, 0.3) is 0 Å². The van der Waals surface area contributed by atoms with Gasteiger partial charge in [-0.25, -0.2) is 0 Å². The summed E-state index contributed by atoms with van der Waals surface area (Å²) in [7, 11) is -1.83. The Morgan fingerprint density at radius 1 is 1.08 bits per heavy atom. The van der Waals surface area contributed by atoms with Crippen molar-refractivity contribution in [2.24, 2.45) is 0 Å². The molecular weight excluding hydrogens is 338 g/mol. The van der Waals surface area contributed by atoms with Crippen molar-refractivity contribution in [3.63, 3.8) is 0 Å². The Labute approximate surface area is 152 Å². The van der Waals surface area contributed by atoms with Crippen molar-refractivity contribution in [3.8, 4) is 0 Å². The lowest BCUT2D eigenvalue weighted by molar-refractivity contribution is -0.542. The lowest BCUT2D eigenvalue weighted by Gasteiger charge is -2.44. The van der Waals surface area contributed by atoms with Gasteiger partial charge in [0.15, 0.2) is 14.6 Å².